The van der Waals surface area contributed by atoms with Gasteiger partial charge >= 0.3 is 0 Å². The zero-order chi connectivity index (χ0) is 23.4. The first-order valence-corrected chi connectivity index (χ1v) is 11.3. The zero-order valence-corrected chi connectivity index (χ0v) is 19.7. The monoisotopic (exact) mass is 448 g/mol. The number of rotatable bonds is 7. The van der Waals surface area contributed by atoms with Gasteiger partial charge in [-0.15, -0.1) is 0 Å². The van der Waals surface area contributed by atoms with Crippen LogP contribution in [0.25, 0.3) is 0 Å². The predicted molar refractivity (Wildman–Crippen MR) is 127 cm³/mol. The van der Waals surface area contributed by atoms with Gasteiger partial charge in [0.25, 0.3) is 5.91 Å². The second kappa shape index (κ2) is 10.2. The number of aryl methyl sites for hydroxylation is 1. The lowest BCUT2D eigenvalue weighted by Crippen LogP contribution is -2.44. The third-order valence-corrected chi connectivity index (χ3v) is 5.94. The van der Waals surface area contributed by atoms with E-state index in [0.717, 1.165) is 36.8 Å². The molecular weight excluding hydrogens is 416 g/mol. The van der Waals surface area contributed by atoms with Crippen LogP contribution in [0, 0.1) is 0 Å². The number of imidazole rings is 1. The van der Waals surface area contributed by atoms with E-state index < -0.39 is 6.04 Å². The van der Waals surface area contributed by atoms with E-state index in [-0.39, 0.29) is 18.1 Å². The van der Waals surface area contributed by atoms with Crippen molar-refractivity contribution in [3.05, 3.63) is 83.4 Å². The molecular formula is C26H32N4O3. The van der Waals surface area contributed by atoms with Gasteiger partial charge < -0.3 is 19.4 Å². The van der Waals surface area contributed by atoms with E-state index in [2.05, 4.69) is 29.0 Å². The van der Waals surface area contributed by atoms with Gasteiger partial charge in [0, 0.05) is 44.6 Å². The molecule has 0 radical (unpaired) electrons. The first-order chi connectivity index (χ1) is 15.9. The molecule has 1 saturated heterocycles. The molecule has 1 aliphatic rings. The highest BCUT2D eigenvalue weighted by Crippen LogP contribution is 2.25. The highest BCUT2D eigenvalue weighted by molar-refractivity contribution is 5.94. The molecule has 2 aromatic carbocycles. The SMILES string of the molecule is COc1cccc(C(NC(=O)c2ccc(CN3CC(C)OC(C)C3)cc2)c2nccn2C)c1. The molecule has 0 bridgehead atoms. The number of ether oxygens (including phenoxy) is 2. The maximum Gasteiger partial charge on any atom is 0.252 e. The second-order valence-electron chi connectivity index (χ2n) is 8.73. The van der Waals surface area contributed by atoms with Crippen LogP contribution in [0.5, 0.6) is 5.75 Å². The van der Waals surface area contributed by atoms with Crippen LogP contribution in [0.3, 0.4) is 0 Å². The minimum Gasteiger partial charge on any atom is -0.497 e. The number of nitrogens with zero attached hydrogens (tertiary/aromatic N) is 3. The molecule has 1 fully saturated rings. The highest BCUT2D eigenvalue weighted by atomic mass is 16.5. The van der Waals surface area contributed by atoms with Crippen LogP contribution in [0.2, 0.25) is 0 Å². The van der Waals surface area contributed by atoms with Crippen molar-refractivity contribution in [3.8, 4) is 5.75 Å². The van der Waals surface area contributed by atoms with E-state index in [1.807, 2.05) is 66.3 Å². The van der Waals surface area contributed by atoms with Crippen LogP contribution in [0.1, 0.15) is 47.2 Å². The van der Waals surface area contributed by atoms with Gasteiger partial charge in [0.2, 0.25) is 0 Å². The molecule has 7 nitrogen and oxygen atoms in total. The average molecular weight is 449 g/mol. The molecule has 1 N–H and O–H groups in total. The number of carbonyl (C=O) groups excluding carboxylic acids is 1. The molecule has 33 heavy (non-hydrogen) atoms. The third-order valence-electron chi connectivity index (χ3n) is 5.94. The number of methoxy groups -OCH3 is 1. The summed E-state index contributed by atoms with van der Waals surface area (Å²) in [4.78, 5) is 20.0. The molecule has 1 aliphatic heterocycles. The van der Waals surface area contributed by atoms with Crippen LogP contribution in [0.4, 0.5) is 0 Å². The van der Waals surface area contributed by atoms with Crippen molar-refractivity contribution < 1.29 is 14.3 Å². The summed E-state index contributed by atoms with van der Waals surface area (Å²) >= 11 is 0. The van der Waals surface area contributed by atoms with E-state index in [9.17, 15) is 4.79 Å². The molecule has 1 amide bonds. The Hall–Kier alpha value is -3.16. The summed E-state index contributed by atoms with van der Waals surface area (Å²) in [5.74, 6) is 1.34. The lowest BCUT2D eigenvalue weighted by Gasteiger charge is -2.35. The van der Waals surface area contributed by atoms with Crippen molar-refractivity contribution in [2.45, 2.75) is 38.6 Å². The molecule has 7 heteroatoms. The van der Waals surface area contributed by atoms with Gasteiger partial charge in [-0.3, -0.25) is 9.69 Å². The number of nitrogens with one attached hydrogen (secondary N) is 1. The van der Waals surface area contributed by atoms with E-state index >= 15 is 0 Å². The molecule has 0 spiro atoms. The van der Waals surface area contributed by atoms with Crippen LogP contribution >= 0.6 is 0 Å². The number of amides is 1. The molecule has 174 valence electrons. The normalized spacial score (nSPS) is 19.8. The zero-order valence-electron chi connectivity index (χ0n) is 19.7. The Morgan fingerprint density at radius 1 is 1.18 bits per heavy atom. The fourth-order valence-electron chi connectivity index (χ4n) is 4.42. The number of hydrogen-bond donors (Lipinski definition) is 1. The number of morpholine rings is 1. The van der Waals surface area contributed by atoms with Crippen LogP contribution in [-0.2, 0) is 18.3 Å². The summed E-state index contributed by atoms with van der Waals surface area (Å²) in [6, 6.07) is 15.1. The van der Waals surface area contributed by atoms with Crippen LogP contribution < -0.4 is 10.1 Å². The third kappa shape index (κ3) is 5.61. The van der Waals surface area contributed by atoms with Crippen molar-refractivity contribution in [3.63, 3.8) is 0 Å². The summed E-state index contributed by atoms with van der Waals surface area (Å²) in [5.41, 5.74) is 2.70. The van der Waals surface area contributed by atoms with Crippen molar-refractivity contribution in [2.75, 3.05) is 20.2 Å². The second-order valence-corrected chi connectivity index (χ2v) is 8.73. The molecule has 0 saturated carbocycles. The van der Waals surface area contributed by atoms with Gasteiger partial charge in [-0.25, -0.2) is 4.98 Å². The quantitative estimate of drug-likeness (QED) is 0.599. The molecule has 1 aromatic heterocycles. The Bertz CT molecular complexity index is 1070. The Balaban J connectivity index is 1.49. The van der Waals surface area contributed by atoms with Gasteiger partial charge in [-0.05, 0) is 49.2 Å². The first kappa shape index (κ1) is 23.0. The van der Waals surface area contributed by atoms with E-state index in [1.54, 1.807) is 13.3 Å². The largest absolute Gasteiger partial charge is 0.497 e. The van der Waals surface area contributed by atoms with Gasteiger partial charge in [0.1, 0.15) is 17.6 Å². The molecule has 0 aliphatic carbocycles. The molecule has 3 atom stereocenters. The number of benzene rings is 2. The standard InChI is InChI=1S/C26H32N4O3/c1-18-15-30(16-19(2)33-18)17-20-8-10-21(11-9-20)26(31)28-24(25-27-12-13-29(25)3)22-6-5-7-23(14-22)32-4/h5-14,18-19,24H,15-17H2,1-4H3,(H,28,31). The molecule has 2 heterocycles. The fraction of sp³-hybridized carbons (Fsp3) is 0.385. The van der Waals surface area contributed by atoms with E-state index in [0.29, 0.717) is 5.56 Å². The smallest absolute Gasteiger partial charge is 0.252 e. The van der Waals surface area contributed by atoms with Gasteiger partial charge in [0.05, 0.1) is 19.3 Å². The number of carbonyl (C=O) groups is 1. The summed E-state index contributed by atoms with van der Waals surface area (Å²) < 4.78 is 13.1. The summed E-state index contributed by atoms with van der Waals surface area (Å²) in [5, 5.41) is 3.15. The summed E-state index contributed by atoms with van der Waals surface area (Å²) in [6.45, 7) is 6.89. The molecule has 3 aromatic rings. The van der Waals surface area contributed by atoms with Crippen molar-refractivity contribution >= 4 is 5.91 Å². The maximum atomic E-state index is 13.2. The van der Waals surface area contributed by atoms with Gasteiger partial charge in [0.15, 0.2) is 0 Å². The minimum atomic E-state index is -0.399. The highest BCUT2D eigenvalue weighted by Gasteiger charge is 2.23. The van der Waals surface area contributed by atoms with Crippen molar-refractivity contribution in [1.29, 1.82) is 0 Å². The van der Waals surface area contributed by atoms with Crippen LogP contribution in [0.15, 0.2) is 60.9 Å². The molecule has 3 unspecified atom stereocenters. The number of aromatic nitrogens is 2. The Kier molecular flexibility index (Phi) is 7.11. The fourth-order valence-corrected chi connectivity index (χ4v) is 4.42. The van der Waals surface area contributed by atoms with Crippen LogP contribution in [-0.4, -0.2) is 52.8 Å². The Labute approximate surface area is 195 Å². The maximum absolute atomic E-state index is 13.2. The van der Waals surface area contributed by atoms with E-state index in [1.165, 1.54) is 5.56 Å². The van der Waals surface area contributed by atoms with Crippen molar-refractivity contribution in [1.82, 2.24) is 19.8 Å². The summed E-state index contributed by atoms with van der Waals surface area (Å²) in [7, 11) is 3.55. The topological polar surface area (TPSA) is 68.6 Å². The average Bonchev–Trinajstić information content (AvgIpc) is 3.22. The lowest BCUT2D eigenvalue weighted by atomic mass is 10.0. The van der Waals surface area contributed by atoms with Gasteiger partial charge in [-0.2, -0.15) is 0 Å². The first-order valence-electron chi connectivity index (χ1n) is 11.3. The van der Waals surface area contributed by atoms with Crippen molar-refractivity contribution in [2.24, 2.45) is 7.05 Å². The van der Waals surface area contributed by atoms with Gasteiger partial charge in [-0.1, -0.05) is 24.3 Å². The Morgan fingerprint density at radius 2 is 1.91 bits per heavy atom. The van der Waals surface area contributed by atoms with E-state index in [4.69, 9.17) is 9.47 Å². The summed E-state index contributed by atoms with van der Waals surface area (Å²) in [6.07, 6.45) is 4.07. The Morgan fingerprint density at radius 3 is 2.55 bits per heavy atom. The predicted octanol–water partition coefficient (Wildman–Crippen LogP) is 3.56. The number of hydrogen-bond acceptors (Lipinski definition) is 5. The minimum absolute atomic E-state index is 0.147. The molecule has 4 rings (SSSR count). The lowest BCUT2D eigenvalue weighted by molar-refractivity contribution is -0.0704.